The van der Waals surface area contributed by atoms with Crippen LogP contribution in [-0.4, -0.2) is 74.1 Å². The first-order valence-electron chi connectivity index (χ1n) is 9.95. The van der Waals surface area contributed by atoms with Gasteiger partial charge < -0.3 is 26.3 Å². The van der Waals surface area contributed by atoms with Crippen LogP contribution < -0.4 is 16.8 Å². The molecule has 0 aromatic rings. The average molecular weight is 505 g/mol. The van der Waals surface area contributed by atoms with Gasteiger partial charge in [0.25, 0.3) is 10.1 Å². The van der Waals surface area contributed by atoms with Crippen molar-refractivity contribution in [2.75, 3.05) is 12.9 Å². The zero-order valence-electron chi connectivity index (χ0n) is 18.8. The molecule has 0 saturated heterocycles. The summed E-state index contributed by atoms with van der Waals surface area (Å²) >= 11 is 0. The standard InChI is InChI=1S/C17H27F3N4O4.CH4O3S/c1-4-10(5-2)28-12-8-9(14(25)27-6-3)7-11(23-16(21)22)13(12)24-15(26)17(18,19)20;1-5(2,3)4/h8,10-13H,4-7H2,1-3H3,(H,24,26)(H4,21,22,23);1H3,(H,2,3,4)/t11-,12+,13+;/m0./s1. The highest BCUT2D eigenvalue weighted by Gasteiger charge is 2.45. The van der Waals surface area contributed by atoms with E-state index < -0.39 is 46.4 Å². The van der Waals surface area contributed by atoms with Gasteiger partial charge in [0.2, 0.25) is 0 Å². The molecule has 0 aromatic heterocycles. The molecule has 0 saturated carbocycles. The second-order valence-electron chi connectivity index (χ2n) is 7.01. The molecule has 1 aliphatic rings. The predicted octanol–water partition coefficient (Wildman–Crippen LogP) is 0.647. The third-order valence-electron chi connectivity index (χ3n) is 4.23. The van der Waals surface area contributed by atoms with E-state index in [2.05, 4.69) is 4.99 Å². The normalized spacial score (nSPS) is 20.8. The molecule has 192 valence electrons. The molecule has 0 heterocycles. The fraction of sp³-hybridized carbons (Fsp3) is 0.722. The van der Waals surface area contributed by atoms with Crippen molar-refractivity contribution in [3.05, 3.63) is 11.6 Å². The molecular weight excluding hydrogens is 473 g/mol. The molecule has 0 aliphatic heterocycles. The maximum Gasteiger partial charge on any atom is 0.471 e. The van der Waals surface area contributed by atoms with Crippen LogP contribution in [0.15, 0.2) is 16.6 Å². The fourth-order valence-corrected chi connectivity index (χ4v) is 2.87. The van der Waals surface area contributed by atoms with Gasteiger partial charge in [0.15, 0.2) is 5.96 Å². The third-order valence-corrected chi connectivity index (χ3v) is 4.23. The number of nitrogens with zero attached hydrogens (tertiary/aromatic N) is 1. The number of guanidine groups is 1. The van der Waals surface area contributed by atoms with Crippen molar-refractivity contribution in [1.29, 1.82) is 0 Å². The molecule has 15 heteroatoms. The van der Waals surface area contributed by atoms with Crippen LogP contribution >= 0.6 is 0 Å². The fourth-order valence-electron chi connectivity index (χ4n) is 2.87. The Hall–Kier alpha value is -2.39. The summed E-state index contributed by atoms with van der Waals surface area (Å²) < 4.78 is 75.1. The van der Waals surface area contributed by atoms with Gasteiger partial charge in [0.1, 0.15) is 0 Å². The second-order valence-corrected chi connectivity index (χ2v) is 8.47. The van der Waals surface area contributed by atoms with Crippen LogP contribution in [-0.2, 0) is 29.2 Å². The van der Waals surface area contributed by atoms with Crippen molar-refractivity contribution in [3.8, 4) is 0 Å². The molecule has 0 fully saturated rings. The van der Waals surface area contributed by atoms with Gasteiger partial charge >= 0.3 is 18.1 Å². The Morgan fingerprint density at radius 3 is 2.18 bits per heavy atom. The van der Waals surface area contributed by atoms with Crippen LogP contribution in [0, 0.1) is 0 Å². The largest absolute Gasteiger partial charge is 0.471 e. The average Bonchev–Trinajstić information content (AvgIpc) is 2.65. The van der Waals surface area contributed by atoms with Gasteiger partial charge in [0.05, 0.1) is 37.2 Å². The number of nitrogens with two attached hydrogens (primary N) is 2. The second kappa shape index (κ2) is 13.3. The lowest BCUT2D eigenvalue weighted by molar-refractivity contribution is -0.175. The summed E-state index contributed by atoms with van der Waals surface area (Å²) in [4.78, 5) is 27.6. The van der Waals surface area contributed by atoms with Crippen molar-refractivity contribution in [1.82, 2.24) is 5.32 Å². The first kappa shape index (κ1) is 30.6. The molecule has 1 amide bonds. The Morgan fingerprint density at radius 2 is 1.79 bits per heavy atom. The number of ether oxygens (including phenoxy) is 2. The monoisotopic (exact) mass is 504 g/mol. The highest BCUT2D eigenvalue weighted by molar-refractivity contribution is 7.85. The minimum absolute atomic E-state index is 0.109. The van der Waals surface area contributed by atoms with Gasteiger partial charge in [-0.1, -0.05) is 13.8 Å². The summed E-state index contributed by atoms with van der Waals surface area (Å²) in [5.41, 5.74) is 11.0. The highest BCUT2D eigenvalue weighted by atomic mass is 32.2. The lowest BCUT2D eigenvalue weighted by atomic mass is 9.87. The summed E-state index contributed by atoms with van der Waals surface area (Å²) in [6.45, 7) is 5.45. The number of halogens is 3. The molecule has 3 atom stereocenters. The summed E-state index contributed by atoms with van der Waals surface area (Å²) in [5, 5.41) is 1.91. The van der Waals surface area contributed by atoms with E-state index in [1.807, 2.05) is 19.2 Å². The first-order valence-corrected chi connectivity index (χ1v) is 11.8. The van der Waals surface area contributed by atoms with Gasteiger partial charge in [-0.25, -0.2) is 9.79 Å². The van der Waals surface area contributed by atoms with Crippen LogP contribution in [0.3, 0.4) is 0 Å². The Labute approximate surface area is 190 Å². The number of hydrogen-bond acceptors (Lipinski definition) is 7. The van der Waals surface area contributed by atoms with Gasteiger partial charge in [-0.3, -0.25) is 9.35 Å². The Bertz CT molecular complexity index is 815. The van der Waals surface area contributed by atoms with Crippen LogP contribution in [0.1, 0.15) is 40.0 Å². The van der Waals surface area contributed by atoms with Crippen molar-refractivity contribution < 1.29 is 45.2 Å². The predicted molar refractivity (Wildman–Crippen MR) is 114 cm³/mol. The maximum absolute atomic E-state index is 12.8. The number of carbonyl (C=O) groups excluding carboxylic acids is 2. The van der Waals surface area contributed by atoms with Crippen LogP contribution in [0.2, 0.25) is 0 Å². The number of hydrogen-bond donors (Lipinski definition) is 4. The smallest absolute Gasteiger partial charge is 0.463 e. The van der Waals surface area contributed by atoms with Gasteiger partial charge in [-0.15, -0.1) is 0 Å². The third kappa shape index (κ3) is 12.4. The maximum atomic E-state index is 12.8. The quantitative estimate of drug-likeness (QED) is 0.159. The number of aliphatic imine (C=N–C) groups is 1. The molecule has 0 radical (unpaired) electrons. The molecular formula is C18H31F3N4O7S. The Morgan fingerprint density at radius 1 is 1.27 bits per heavy atom. The van der Waals surface area contributed by atoms with E-state index in [4.69, 9.17) is 25.5 Å². The van der Waals surface area contributed by atoms with E-state index in [9.17, 15) is 31.2 Å². The number of carbonyl (C=O) groups is 2. The summed E-state index contributed by atoms with van der Waals surface area (Å²) in [7, 11) is -3.67. The topological polar surface area (TPSA) is 183 Å². The van der Waals surface area contributed by atoms with E-state index in [0.29, 0.717) is 19.1 Å². The molecule has 6 N–H and O–H groups in total. The van der Waals surface area contributed by atoms with E-state index in [1.165, 1.54) is 6.08 Å². The Kier molecular flexibility index (Phi) is 12.4. The number of esters is 1. The van der Waals surface area contributed by atoms with E-state index in [1.54, 1.807) is 6.92 Å². The van der Waals surface area contributed by atoms with Crippen molar-refractivity contribution >= 4 is 28.0 Å². The van der Waals surface area contributed by atoms with Gasteiger partial charge in [-0.2, -0.15) is 21.6 Å². The first-order chi connectivity index (χ1) is 15.0. The van der Waals surface area contributed by atoms with Crippen LogP contribution in [0.25, 0.3) is 0 Å². The number of nitrogens with one attached hydrogen (secondary N) is 1. The Balaban J connectivity index is 0.00000184. The lowest BCUT2D eigenvalue weighted by Crippen LogP contribution is -2.56. The highest BCUT2D eigenvalue weighted by Crippen LogP contribution is 2.28. The zero-order valence-corrected chi connectivity index (χ0v) is 19.6. The van der Waals surface area contributed by atoms with Crippen LogP contribution in [0.4, 0.5) is 13.2 Å². The van der Waals surface area contributed by atoms with E-state index in [-0.39, 0.29) is 30.7 Å². The molecule has 0 spiro atoms. The summed E-state index contributed by atoms with van der Waals surface area (Å²) in [6.07, 6.45) is -3.28. The van der Waals surface area contributed by atoms with E-state index in [0.717, 1.165) is 0 Å². The summed E-state index contributed by atoms with van der Waals surface area (Å²) in [5.74, 6) is -3.17. The van der Waals surface area contributed by atoms with Crippen LogP contribution in [0.5, 0.6) is 0 Å². The minimum Gasteiger partial charge on any atom is -0.463 e. The number of alkyl halides is 3. The van der Waals surface area contributed by atoms with Crippen molar-refractivity contribution in [2.45, 2.75) is 70.5 Å². The molecule has 11 nitrogen and oxygen atoms in total. The molecule has 33 heavy (non-hydrogen) atoms. The summed E-state index contributed by atoms with van der Waals surface area (Å²) in [6, 6.07) is -2.24. The van der Waals surface area contributed by atoms with E-state index >= 15 is 0 Å². The molecule has 0 aromatic carbocycles. The lowest BCUT2D eigenvalue weighted by Gasteiger charge is -2.36. The van der Waals surface area contributed by atoms with Crippen molar-refractivity contribution in [3.63, 3.8) is 0 Å². The van der Waals surface area contributed by atoms with Gasteiger partial charge in [0, 0.05) is 12.0 Å². The molecule has 0 unspecified atom stereocenters. The van der Waals surface area contributed by atoms with Crippen molar-refractivity contribution in [2.24, 2.45) is 16.5 Å². The molecule has 1 rings (SSSR count). The van der Waals surface area contributed by atoms with Gasteiger partial charge in [-0.05, 0) is 25.8 Å². The SMILES string of the molecule is CCOC(=O)C1=C[C@@H](OC(CC)CC)[C@H](NC(=O)C(F)(F)F)[C@@H](N=C(N)N)C1.CS(=O)(=O)O. The molecule has 1 aliphatic carbocycles. The number of amides is 1. The molecule has 0 bridgehead atoms. The number of rotatable bonds is 8. The minimum atomic E-state index is -5.09. The zero-order chi connectivity index (χ0) is 26.0.